The number of hydrogen-bond acceptors (Lipinski definition) is 3. The van der Waals surface area contributed by atoms with Gasteiger partial charge in [-0.1, -0.05) is 32.4 Å². The summed E-state index contributed by atoms with van der Waals surface area (Å²) in [4.78, 5) is 38.6. The van der Waals surface area contributed by atoms with E-state index < -0.39 is 0 Å². The van der Waals surface area contributed by atoms with Crippen LogP contribution in [0.3, 0.4) is 0 Å². The third-order valence-corrected chi connectivity index (χ3v) is 4.33. The molecule has 0 aliphatic carbocycles. The molecule has 0 radical (unpaired) electrons. The molecule has 1 heterocycles. The highest BCUT2D eigenvalue weighted by atomic mass is 16.2. The molecular formula is C19H27N3O3. The van der Waals surface area contributed by atoms with Crippen molar-refractivity contribution in [3.8, 4) is 0 Å². The SMILES string of the molecule is CCCCN1C[C@H](C(=O)Nc2ccccc2C(=O)NCCC)CC1=O. The van der Waals surface area contributed by atoms with Crippen LogP contribution in [0.1, 0.15) is 49.9 Å². The van der Waals surface area contributed by atoms with Crippen LogP contribution in [0.25, 0.3) is 0 Å². The molecule has 0 saturated carbocycles. The molecule has 1 aliphatic rings. The summed E-state index contributed by atoms with van der Waals surface area (Å²) in [6, 6.07) is 6.94. The topological polar surface area (TPSA) is 78.5 Å². The predicted octanol–water partition coefficient (Wildman–Crippen LogP) is 2.41. The van der Waals surface area contributed by atoms with Crippen LogP contribution in [0, 0.1) is 5.92 Å². The van der Waals surface area contributed by atoms with Crippen molar-refractivity contribution in [3.63, 3.8) is 0 Å². The quantitative estimate of drug-likeness (QED) is 0.759. The van der Waals surface area contributed by atoms with Crippen LogP contribution in [0.2, 0.25) is 0 Å². The van der Waals surface area contributed by atoms with Crippen molar-refractivity contribution in [2.24, 2.45) is 5.92 Å². The number of amides is 3. The Hall–Kier alpha value is -2.37. The molecule has 0 unspecified atom stereocenters. The van der Waals surface area contributed by atoms with Crippen LogP contribution < -0.4 is 10.6 Å². The second-order valence-electron chi connectivity index (χ2n) is 6.39. The largest absolute Gasteiger partial charge is 0.352 e. The average molecular weight is 345 g/mol. The number of anilines is 1. The van der Waals surface area contributed by atoms with E-state index in [4.69, 9.17) is 0 Å². The lowest BCUT2D eigenvalue weighted by molar-refractivity contribution is -0.128. The number of nitrogens with zero attached hydrogens (tertiary/aromatic N) is 1. The Morgan fingerprint density at radius 1 is 1.20 bits per heavy atom. The van der Waals surface area contributed by atoms with Crippen molar-refractivity contribution in [3.05, 3.63) is 29.8 Å². The summed E-state index contributed by atoms with van der Waals surface area (Å²) in [5.41, 5.74) is 0.928. The Labute approximate surface area is 149 Å². The molecule has 6 heteroatoms. The molecule has 6 nitrogen and oxygen atoms in total. The summed E-state index contributed by atoms with van der Waals surface area (Å²) >= 11 is 0. The summed E-state index contributed by atoms with van der Waals surface area (Å²) in [5.74, 6) is -0.744. The smallest absolute Gasteiger partial charge is 0.253 e. The van der Waals surface area contributed by atoms with Gasteiger partial charge in [-0.15, -0.1) is 0 Å². The van der Waals surface area contributed by atoms with E-state index in [1.54, 1.807) is 29.2 Å². The van der Waals surface area contributed by atoms with Crippen molar-refractivity contribution in [2.75, 3.05) is 25.0 Å². The van der Waals surface area contributed by atoms with Gasteiger partial charge in [0.25, 0.3) is 5.91 Å². The molecule has 0 spiro atoms. The van der Waals surface area contributed by atoms with Gasteiger partial charge in [0.15, 0.2) is 0 Å². The lowest BCUT2D eigenvalue weighted by atomic mass is 10.1. The first-order chi connectivity index (χ1) is 12.1. The van der Waals surface area contributed by atoms with Gasteiger partial charge in [0, 0.05) is 26.1 Å². The fourth-order valence-corrected chi connectivity index (χ4v) is 2.87. The monoisotopic (exact) mass is 345 g/mol. The molecule has 25 heavy (non-hydrogen) atoms. The van der Waals surface area contributed by atoms with Gasteiger partial charge in [0.1, 0.15) is 0 Å². The summed E-state index contributed by atoms with van der Waals surface area (Å²) in [7, 11) is 0. The van der Waals surface area contributed by atoms with Gasteiger partial charge < -0.3 is 15.5 Å². The van der Waals surface area contributed by atoms with E-state index in [1.165, 1.54) is 0 Å². The van der Waals surface area contributed by atoms with Gasteiger partial charge in [0.2, 0.25) is 11.8 Å². The molecule has 2 rings (SSSR count). The van der Waals surface area contributed by atoms with Gasteiger partial charge >= 0.3 is 0 Å². The Bertz CT molecular complexity index is 630. The fourth-order valence-electron chi connectivity index (χ4n) is 2.87. The number of hydrogen-bond donors (Lipinski definition) is 2. The third kappa shape index (κ3) is 5.05. The highest BCUT2D eigenvalue weighted by Crippen LogP contribution is 2.22. The number of likely N-dealkylation sites (tertiary alicyclic amines) is 1. The van der Waals surface area contributed by atoms with E-state index in [2.05, 4.69) is 17.6 Å². The Morgan fingerprint density at radius 2 is 1.96 bits per heavy atom. The number of unbranched alkanes of at least 4 members (excludes halogenated alkanes) is 1. The average Bonchev–Trinajstić information content (AvgIpc) is 2.99. The lowest BCUT2D eigenvalue weighted by Gasteiger charge is -2.16. The molecule has 2 N–H and O–H groups in total. The highest BCUT2D eigenvalue weighted by Gasteiger charge is 2.34. The zero-order chi connectivity index (χ0) is 18.2. The zero-order valence-electron chi connectivity index (χ0n) is 15.0. The number of rotatable bonds is 8. The van der Waals surface area contributed by atoms with Crippen LogP contribution in [-0.4, -0.2) is 42.3 Å². The minimum Gasteiger partial charge on any atom is -0.352 e. The first kappa shape index (κ1) is 19.0. The van der Waals surface area contributed by atoms with Crippen LogP contribution in [0.4, 0.5) is 5.69 Å². The number of benzene rings is 1. The van der Waals surface area contributed by atoms with Crippen molar-refractivity contribution in [2.45, 2.75) is 39.5 Å². The summed E-state index contributed by atoms with van der Waals surface area (Å²) in [5, 5.41) is 5.64. The van der Waals surface area contributed by atoms with Crippen LogP contribution >= 0.6 is 0 Å². The molecular weight excluding hydrogens is 318 g/mol. The number of carbonyl (C=O) groups excluding carboxylic acids is 3. The highest BCUT2D eigenvalue weighted by molar-refractivity contribution is 6.05. The molecule has 1 saturated heterocycles. The van der Waals surface area contributed by atoms with Gasteiger partial charge in [-0.05, 0) is 25.0 Å². The van der Waals surface area contributed by atoms with Gasteiger partial charge in [-0.2, -0.15) is 0 Å². The Morgan fingerprint density at radius 3 is 2.68 bits per heavy atom. The maximum atomic E-state index is 12.5. The molecule has 136 valence electrons. The molecule has 3 amide bonds. The van der Waals surface area contributed by atoms with Crippen LogP contribution in [-0.2, 0) is 9.59 Å². The second kappa shape index (κ2) is 9.20. The lowest BCUT2D eigenvalue weighted by Crippen LogP contribution is -2.30. The van der Waals surface area contributed by atoms with Crippen LogP contribution in [0.5, 0.6) is 0 Å². The minimum atomic E-state index is -0.365. The molecule has 1 atom stereocenters. The maximum Gasteiger partial charge on any atom is 0.253 e. The number of carbonyl (C=O) groups is 3. The summed E-state index contributed by atoms with van der Waals surface area (Å²) < 4.78 is 0. The van der Waals surface area contributed by atoms with E-state index in [0.29, 0.717) is 30.9 Å². The molecule has 0 aromatic heterocycles. The second-order valence-corrected chi connectivity index (χ2v) is 6.39. The van der Waals surface area contributed by atoms with Crippen molar-refractivity contribution >= 4 is 23.4 Å². The first-order valence-corrected chi connectivity index (χ1v) is 9.02. The molecule has 1 aliphatic heterocycles. The van der Waals surface area contributed by atoms with E-state index >= 15 is 0 Å². The summed E-state index contributed by atoms with van der Waals surface area (Å²) in [6.07, 6.45) is 3.04. The van der Waals surface area contributed by atoms with E-state index in [0.717, 1.165) is 19.3 Å². The third-order valence-electron chi connectivity index (χ3n) is 4.33. The Kier molecular flexibility index (Phi) is 6.98. The van der Waals surface area contributed by atoms with E-state index in [1.807, 2.05) is 6.92 Å². The molecule has 0 bridgehead atoms. The standard InChI is InChI=1S/C19H27N3O3/c1-3-5-11-22-13-14(12-17(22)23)18(24)21-16-9-7-6-8-15(16)19(25)20-10-4-2/h6-9,14H,3-5,10-13H2,1-2H3,(H,20,25)(H,21,24)/t14-/m1/s1. The maximum absolute atomic E-state index is 12.5. The van der Waals surface area contributed by atoms with E-state index in [-0.39, 0.29) is 30.1 Å². The fraction of sp³-hybridized carbons (Fsp3) is 0.526. The van der Waals surface area contributed by atoms with Crippen molar-refractivity contribution in [1.82, 2.24) is 10.2 Å². The predicted molar refractivity (Wildman–Crippen MR) is 97.3 cm³/mol. The van der Waals surface area contributed by atoms with Gasteiger partial charge in [-0.3, -0.25) is 14.4 Å². The number of nitrogens with one attached hydrogen (secondary N) is 2. The zero-order valence-corrected chi connectivity index (χ0v) is 15.0. The van der Waals surface area contributed by atoms with Crippen LogP contribution in [0.15, 0.2) is 24.3 Å². The number of para-hydroxylation sites is 1. The van der Waals surface area contributed by atoms with Gasteiger partial charge in [0.05, 0.1) is 17.2 Å². The summed E-state index contributed by atoms with van der Waals surface area (Å²) in [6.45, 7) is 5.80. The Balaban J connectivity index is 2.01. The molecule has 1 aromatic carbocycles. The molecule has 1 fully saturated rings. The van der Waals surface area contributed by atoms with Crippen molar-refractivity contribution < 1.29 is 14.4 Å². The molecule has 1 aromatic rings. The van der Waals surface area contributed by atoms with E-state index in [9.17, 15) is 14.4 Å². The first-order valence-electron chi connectivity index (χ1n) is 9.02. The normalized spacial score (nSPS) is 16.8. The minimum absolute atomic E-state index is 0.0302. The van der Waals surface area contributed by atoms with Gasteiger partial charge in [-0.25, -0.2) is 0 Å². The van der Waals surface area contributed by atoms with Crippen molar-refractivity contribution in [1.29, 1.82) is 0 Å².